The van der Waals surface area contributed by atoms with Gasteiger partial charge in [-0.3, -0.25) is 10.1 Å². The predicted molar refractivity (Wildman–Crippen MR) is 90.7 cm³/mol. The van der Waals surface area contributed by atoms with Crippen LogP contribution in [-0.2, 0) is 6.42 Å². The second kappa shape index (κ2) is 6.75. The second-order valence-corrected chi connectivity index (χ2v) is 6.41. The van der Waals surface area contributed by atoms with Crippen LogP contribution in [0.2, 0.25) is 0 Å². The van der Waals surface area contributed by atoms with Gasteiger partial charge in [-0.05, 0) is 18.9 Å². The van der Waals surface area contributed by atoms with E-state index in [0.29, 0.717) is 5.13 Å². The number of benzene rings is 1. The molecule has 0 aliphatic heterocycles. The van der Waals surface area contributed by atoms with E-state index >= 15 is 0 Å². The molecule has 0 radical (unpaired) electrons. The summed E-state index contributed by atoms with van der Waals surface area (Å²) >= 11 is 1.45. The number of nitrogens with one attached hydrogen (secondary N) is 1. The number of nitrogens with zero attached hydrogens (tertiary/aromatic N) is 2. The highest BCUT2D eigenvalue weighted by Crippen LogP contribution is 2.30. The molecule has 0 spiro atoms. The fraction of sp³-hybridized carbons (Fsp3) is 0.235. The number of amides is 1. The van der Waals surface area contributed by atoms with Crippen LogP contribution in [0.5, 0.6) is 0 Å². The summed E-state index contributed by atoms with van der Waals surface area (Å²) in [5, 5.41) is 6.93. The van der Waals surface area contributed by atoms with Crippen molar-refractivity contribution in [3.8, 4) is 11.3 Å². The Kier molecular flexibility index (Phi) is 4.52. The summed E-state index contributed by atoms with van der Waals surface area (Å²) in [7, 11) is 0. The first kappa shape index (κ1) is 15.4. The average Bonchev–Trinajstić information content (AvgIpc) is 3.18. The normalized spacial score (nSPS) is 10.7. The maximum Gasteiger partial charge on any atom is 0.279 e. The van der Waals surface area contributed by atoms with Gasteiger partial charge in [0.25, 0.3) is 5.91 Å². The maximum atomic E-state index is 12.0. The van der Waals surface area contributed by atoms with E-state index in [0.717, 1.165) is 29.0 Å². The predicted octanol–water partition coefficient (Wildman–Crippen LogP) is 4.31. The van der Waals surface area contributed by atoms with Gasteiger partial charge in [0.05, 0.1) is 5.69 Å². The third kappa shape index (κ3) is 3.48. The van der Waals surface area contributed by atoms with E-state index in [9.17, 15) is 4.79 Å². The minimum atomic E-state index is -0.322. The average molecular weight is 327 g/mol. The van der Waals surface area contributed by atoms with Gasteiger partial charge < -0.3 is 4.52 Å². The minimum absolute atomic E-state index is 0.239. The smallest absolute Gasteiger partial charge is 0.279 e. The molecule has 3 aromatic rings. The van der Waals surface area contributed by atoms with Crippen molar-refractivity contribution >= 4 is 22.4 Å². The number of hydrogen-bond donors (Lipinski definition) is 1. The number of aryl methyl sites for hydroxylation is 2. The molecule has 3 rings (SSSR count). The van der Waals surface area contributed by atoms with E-state index in [4.69, 9.17) is 0 Å². The van der Waals surface area contributed by atoms with Crippen LogP contribution >= 0.6 is 11.3 Å². The molecule has 1 N–H and O–H groups in total. The van der Waals surface area contributed by atoms with Crippen LogP contribution in [0.15, 0.2) is 41.1 Å². The fourth-order valence-corrected chi connectivity index (χ4v) is 3.16. The van der Waals surface area contributed by atoms with Crippen LogP contribution in [0.1, 0.15) is 34.3 Å². The lowest BCUT2D eigenvalue weighted by Gasteiger charge is -2.02. The molecule has 1 amide bonds. The monoisotopic (exact) mass is 327 g/mol. The number of carbonyl (C=O) groups is 1. The van der Waals surface area contributed by atoms with E-state index in [1.54, 1.807) is 0 Å². The molecule has 1 aromatic carbocycles. The van der Waals surface area contributed by atoms with Crippen LogP contribution in [0.25, 0.3) is 11.3 Å². The molecule has 0 atom stereocenters. The van der Waals surface area contributed by atoms with Crippen LogP contribution in [0, 0.1) is 6.92 Å². The first-order valence-electron chi connectivity index (χ1n) is 7.46. The first-order chi connectivity index (χ1) is 11.2. The standard InChI is InChI=1S/C17H17N3O2S/c1-3-4-12-5-7-13(8-6-12)15-11(2)23-17(18-15)19-16(21)14-9-10-22-20-14/h5-10H,3-4H2,1-2H3,(H,18,19,21). The number of rotatable bonds is 5. The van der Waals surface area contributed by atoms with Crippen molar-refractivity contribution in [3.05, 3.63) is 52.7 Å². The van der Waals surface area contributed by atoms with Gasteiger partial charge in [-0.15, -0.1) is 11.3 Å². The third-order valence-electron chi connectivity index (χ3n) is 3.45. The molecular weight excluding hydrogens is 310 g/mol. The van der Waals surface area contributed by atoms with E-state index in [1.165, 1.54) is 29.2 Å². The number of carbonyl (C=O) groups excluding carboxylic acids is 1. The van der Waals surface area contributed by atoms with Crippen LogP contribution in [-0.4, -0.2) is 16.0 Å². The zero-order valence-corrected chi connectivity index (χ0v) is 13.8. The Morgan fingerprint density at radius 2 is 2.04 bits per heavy atom. The number of aromatic nitrogens is 2. The topological polar surface area (TPSA) is 68.0 Å². The largest absolute Gasteiger partial charge is 0.364 e. The van der Waals surface area contributed by atoms with Crippen molar-refractivity contribution < 1.29 is 9.32 Å². The highest BCUT2D eigenvalue weighted by molar-refractivity contribution is 7.16. The molecule has 0 unspecified atom stereocenters. The summed E-state index contributed by atoms with van der Waals surface area (Å²) in [5.74, 6) is -0.322. The Labute approximate surface area is 138 Å². The van der Waals surface area contributed by atoms with Gasteiger partial charge in [0.15, 0.2) is 10.8 Å². The summed E-state index contributed by atoms with van der Waals surface area (Å²) in [6.07, 6.45) is 3.58. The lowest BCUT2D eigenvalue weighted by atomic mass is 10.1. The summed E-state index contributed by atoms with van der Waals surface area (Å²) in [4.78, 5) is 17.6. The maximum absolute atomic E-state index is 12.0. The SMILES string of the molecule is CCCc1ccc(-c2nc(NC(=O)c3ccon3)sc2C)cc1. The second-order valence-electron chi connectivity index (χ2n) is 5.21. The van der Waals surface area contributed by atoms with E-state index in [1.807, 2.05) is 6.92 Å². The van der Waals surface area contributed by atoms with Gasteiger partial charge in [0.1, 0.15) is 6.26 Å². The molecule has 0 bridgehead atoms. The zero-order valence-electron chi connectivity index (χ0n) is 13.0. The summed E-state index contributed by atoms with van der Waals surface area (Å²) < 4.78 is 4.67. The lowest BCUT2D eigenvalue weighted by Crippen LogP contribution is -2.11. The van der Waals surface area contributed by atoms with Gasteiger partial charge in [-0.2, -0.15) is 0 Å². The molecule has 2 aromatic heterocycles. The molecule has 2 heterocycles. The highest BCUT2D eigenvalue weighted by Gasteiger charge is 2.14. The van der Waals surface area contributed by atoms with E-state index in [-0.39, 0.29) is 11.6 Å². The zero-order chi connectivity index (χ0) is 16.2. The van der Waals surface area contributed by atoms with Crippen molar-refractivity contribution in [2.75, 3.05) is 5.32 Å². The van der Waals surface area contributed by atoms with Crippen molar-refractivity contribution in [3.63, 3.8) is 0 Å². The van der Waals surface area contributed by atoms with E-state index < -0.39 is 0 Å². The first-order valence-corrected chi connectivity index (χ1v) is 8.27. The number of anilines is 1. The van der Waals surface area contributed by atoms with Crippen LogP contribution < -0.4 is 5.32 Å². The number of thiazole rings is 1. The van der Waals surface area contributed by atoms with Crippen LogP contribution in [0.4, 0.5) is 5.13 Å². The van der Waals surface area contributed by atoms with Gasteiger partial charge >= 0.3 is 0 Å². The van der Waals surface area contributed by atoms with Crippen molar-refractivity contribution in [2.24, 2.45) is 0 Å². The molecule has 0 saturated heterocycles. The summed E-state index contributed by atoms with van der Waals surface area (Å²) in [6, 6.07) is 9.94. The quantitative estimate of drug-likeness (QED) is 0.758. The molecule has 23 heavy (non-hydrogen) atoms. The molecular formula is C17H17N3O2S. The molecule has 0 aliphatic carbocycles. The Hall–Kier alpha value is -2.47. The Balaban J connectivity index is 1.79. The molecule has 0 fully saturated rings. The fourth-order valence-electron chi connectivity index (χ4n) is 2.33. The Morgan fingerprint density at radius 3 is 2.70 bits per heavy atom. The minimum Gasteiger partial charge on any atom is -0.364 e. The van der Waals surface area contributed by atoms with E-state index in [2.05, 4.69) is 51.2 Å². The highest BCUT2D eigenvalue weighted by atomic mass is 32.1. The molecule has 5 nitrogen and oxygen atoms in total. The summed E-state index contributed by atoms with van der Waals surface area (Å²) in [6.45, 7) is 4.17. The van der Waals surface area contributed by atoms with Gasteiger partial charge in [-0.25, -0.2) is 4.98 Å². The molecule has 6 heteroatoms. The lowest BCUT2D eigenvalue weighted by molar-refractivity contribution is 0.101. The summed E-state index contributed by atoms with van der Waals surface area (Å²) in [5.41, 5.74) is 3.51. The third-order valence-corrected chi connectivity index (χ3v) is 4.34. The molecule has 0 aliphatic rings. The van der Waals surface area contributed by atoms with Gasteiger partial charge in [0.2, 0.25) is 0 Å². The molecule has 118 valence electrons. The number of hydrogen-bond acceptors (Lipinski definition) is 5. The van der Waals surface area contributed by atoms with Gasteiger partial charge in [0, 0.05) is 16.5 Å². The Morgan fingerprint density at radius 1 is 1.26 bits per heavy atom. The van der Waals surface area contributed by atoms with Crippen molar-refractivity contribution in [2.45, 2.75) is 26.7 Å². The Bertz CT molecular complexity index is 792. The van der Waals surface area contributed by atoms with Crippen molar-refractivity contribution in [1.29, 1.82) is 0 Å². The molecule has 0 saturated carbocycles. The van der Waals surface area contributed by atoms with Crippen LogP contribution in [0.3, 0.4) is 0 Å². The van der Waals surface area contributed by atoms with Crippen molar-refractivity contribution in [1.82, 2.24) is 10.1 Å². The van der Waals surface area contributed by atoms with Gasteiger partial charge in [-0.1, -0.05) is 42.8 Å².